The Morgan fingerprint density at radius 1 is 0.977 bits per heavy atom. The van der Waals surface area contributed by atoms with Gasteiger partial charge in [-0.15, -0.1) is 0 Å². The van der Waals surface area contributed by atoms with Crippen molar-refractivity contribution in [3.63, 3.8) is 0 Å². The number of fused-ring (bicyclic) bond motifs is 1. The lowest BCUT2D eigenvalue weighted by Gasteiger charge is -2.24. The minimum Gasteiger partial charge on any atom is -0.463 e. The largest absolute Gasteiger partial charge is 0.463 e. The lowest BCUT2D eigenvalue weighted by molar-refractivity contribution is -0.139. The number of carbonyl (C=O) groups excluding carboxylic acids is 1. The third kappa shape index (κ3) is 5.31. The van der Waals surface area contributed by atoms with Crippen LogP contribution in [0.3, 0.4) is 0 Å². The predicted molar refractivity (Wildman–Crippen MR) is 173 cm³/mol. The van der Waals surface area contributed by atoms with Crippen LogP contribution in [0.1, 0.15) is 42.4 Å². The number of halogens is 1. The third-order valence-corrected chi connectivity index (χ3v) is 8.93. The number of aryl methyl sites for hydroxylation is 1. The van der Waals surface area contributed by atoms with E-state index in [1.165, 1.54) is 16.9 Å². The lowest BCUT2D eigenvalue weighted by Crippen LogP contribution is -2.39. The quantitative estimate of drug-likeness (QED) is 0.206. The number of esters is 1. The molecule has 43 heavy (non-hydrogen) atoms. The number of allylic oxidation sites excluding steroid dienone is 1. The van der Waals surface area contributed by atoms with E-state index in [-0.39, 0.29) is 12.2 Å². The van der Waals surface area contributed by atoms with Gasteiger partial charge < -0.3 is 9.30 Å². The molecule has 1 aliphatic rings. The van der Waals surface area contributed by atoms with E-state index in [1.807, 2.05) is 36.4 Å². The van der Waals surface area contributed by atoms with Crippen molar-refractivity contribution < 1.29 is 9.53 Å². The lowest BCUT2D eigenvalue weighted by atomic mass is 9.96. The fourth-order valence-electron chi connectivity index (χ4n) is 5.66. The van der Waals surface area contributed by atoms with Crippen molar-refractivity contribution in [1.82, 2.24) is 9.13 Å². The Bertz CT molecular complexity index is 2050. The van der Waals surface area contributed by atoms with Crippen LogP contribution in [0.25, 0.3) is 22.9 Å². The maximum atomic E-state index is 14.0. The molecule has 0 fully saturated rings. The van der Waals surface area contributed by atoms with Gasteiger partial charge >= 0.3 is 5.97 Å². The Kier molecular flexibility index (Phi) is 7.77. The molecule has 1 atom stereocenters. The SMILES string of the molecule is CCOC(=O)C1=C(C)N=c2s/c(=C\c3cc(C)n(-c4ccc(-c5ccccc5)cc4)c3C)c(=O)n2[C@@H]1c1ccc(Cl)cc1. The van der Waals surface area contributed by atoms with Crippen LogP contribution in [-0.2, 0) is 9.53 Å². The van der Waals surface area contributed by atoms with Crippen LogP contribution in [0, 0.1) is 13.8 Å². The monoisotopic (exact) mass is 607 g/mol. The van der Waals surface area contributed by atoms with Crippen molar-refractivity contribution in [2.24, 2.45) is 4.99 Å². The number of nitrogens with zero attached hydrogens (tertiary/aromatic N) is 3. The molecule has 3 heterocycles. The second kappa shape index (κ2) is 11.7. The number of thiazole rings is 1. The molecule has 0 bridgehead atoms. The smallest absolute Gasteiger partial charge is 0.338 e. The molecule has 6 rings (SSSR count). The molecule has 0 saturated heterocycles. The molecule has 5 aromatic rings. The normalized spacial score (nSPS) is 14.9. The van der Waals surface area contributed by atoms with Crippen molar-refractivity contribution in [3.05, 3.63) is 143 Å². The molecule has 0 aliphatic carbocycles. The minimum absolute atomic E-state index is 0.213. The van der Waals surface area contributed by atoms with Crippen molar-refractivity contribution in [2.45, 2.75) is 33.7 Å². The molecule has 1 aliphatic heterocycles. The van der Waals surface area contributed by atoms with Gasteiger partial charge in [-0.1, -0.05) is 77.5 Å². The first kappa shape index (κ1) is 28.6. The Morgan fingerprint density at radius 2 is 1.65 bits per heavy atom. The summed E-state index contributed by atoms with van der Waals surface area (Å²) in [5.74, 6) is -0.486. The fraction of sp³-hybridized carbons (Fsp3) is 0.171. The molecule has 216 valence electrons. The number of benzene rings is 3. The van der Waals surface area contributed by atoms with Crippen molar-refractivity contribution in [3.8, 4) is 16.8 Å². The summed E-state index contributed by atoms with van der Waals surface area (Å²) in [5.41, 5.74) is 7.82. The first-order valence-electron chi connectivity index (χ1n) is 14.1. The van der Waals surface area contributed by atoms with E-state index in [9.17, 15) is 9.59 Å². The first-order chi connectivity index (χ1) is 20.8. The Labute approximate surface area is 258 Å². The topological polar surface area (TPSA) is 65.6 Å². The van der Waals surface area contributed by atoms with Crippen molar-refractivity contribution >= 4 is 35.0 Å². The van der Waals surface area contributed by atoms with Gasteiger partial charge in [0.15, 0.2) is 4.80 Å². The zero-order valence-electron chi connectivity index (χ0n) is 24.3. The van der Waals surface area contributed by atoms with Gasteiger partial charge in [0.2, 0.25) is 0 Å². The number of carbonyl (C=O) groups is 1. The Hall–Kier alpha value is -4.46. The van der Waals surface area contributed by atoms with Crippen LogP contribution < -0.4 is 14.9 Å². The summed E-state index contributed by atoms with van der Waals surface area (Å²) in [5, 5.41) is 0.569. The molecule has 0 saturated carbocycles. The third-order valence-electron chi connectivity index (χ3n) is 7.69. The molecule has 0 radical (unpaired) electrons. The van der Waals surface area contributed by atoms with Crippen molar-refractivity contribution in [2.75, 3.05) is 6.61 Å². The van der Waals surface area contributed by atoms with Gasteiger partial charge in [0.1, 0.15) is 0 Å². The summed E-state index contributed by atoms with van der Waals surface area (Å²) in [4.78, 5) is 32.3. The number of ether oxygens (including phenoxy) is 1. The number of hydrogen-bond acceptors (Lipinski definition) is 5. The summed E-state index contributed by atoms with van der Waals surface area (Å²) >= 11 is 7.48. The molecule has 6 nitrogen and oxygen atoms in total. The minimum atomic E-state index is -0.676. The summed E-state index contributed by atoms with van der Waals surface area (Å²) in [7, 11) is 0. The van der Waals surface area contributed by atoms with Crippen LogP contribution >= 0.6 is 22.9 Å². The van der Waals surface area contributed by atoms with Gasteiger partial charge in [0, 0.05) is 22.1 Å². The van der Waals surface area contributed by atoms with Gasteiger partial charge in [0.25, 0.3) is 5.56 Å². The molecular weight excluding hydrogens is 578 g/mol. The average molecular weight is 608 g/mol. The highest BCUT2D eigenvalue weighted by Gasteiger charge is 2.33. The van der Waals surface area contributed by atoms with Crippen LogP contribution in [0.4, 0.5) is 0 Å². The predicted octanol–water partition coefficient (Wildman–Crippen LogP) is 6.53. The van der Waals surface area contributed by atoms with Gasteiger partial charge in [-0.05, 0) is 86.4 Å². The van der Waals surface area contributed by atoms with Gasteiger partial charge in [-0.3, -0.25) is 9.36 Å². The number of rotatable bonds is 6. The highest BCUT2D eigenvalue weighted by Crippen LogP contribution is 2.31. The molecule has 0 N–H and O–H groups in total. The first-order valence-corrected chi connectivity index (χ1v) is 15.3. The molecular formula is C35H30ClN3O3S. The molecule has 0 amide bonds. The van der Waals surface area contributed by atoms with Gasteiger partial charge in [-0.2, -0.15) is 0 Å². The van der Waals surface area contributed by atoms with Crippen LogP contribution in [0.15, 0.2) is 106 Å². The number of hydrogen-bond donors (Lipinski definition) is 0. The summed E-state index contributed by atoms with van der Waals surface area (Å²) < 4.78 is 9.71. The molecule has 3 aromatic carbocycles. The summed E-state index contributed by atoms with van der Waals surface area (Å²) in [6, 6.07) is 27.4. The highest BCUT2D eigenvalue weighted by molar-refractivity contribution is 7.07. The molecule has 0 spiro atoms. The van der Waals surface area contributed by atoms with E-state index in [1.54, 1.807) is 30.5 Å². The Morgan fingerprint density at radius 3 is 2.33 bits per heavy atom. The van der Waals surface area contributed by atoms with Crippen LogP contribution in [0.2, 0.25) is 5.02 Å². The Balaban J connectivity index is 1.44. The number of aromatic nitrogens is 2. The standard InChI is InChI=1S/C35H30ClN3O3S/c1-5-42-34(41)31-22(3)37-35-39(32(31)26-11-15-28(36)16-12-26)33(40)30(43-35)20-27-19-21(2)38(23(27)4)29-17-13-25(14-18-29)24-9-7-6-8-10-24/h6-20,32H,5H2,1-4H3/b30-20-/t32-/m1/s1. The van der Waals surface area contributed by atoms with E-state index in [0.717, 1.165) is 33.8 Å². The molecule has 2 aromatic heterocycles. The van der Waals surface area contributed by atoms with Gasteiger partial charge in [0.05, 0.1) is 28.5 Å². The summed E-state index contributed by atoms with van der Waals surface area (Å²) in [6.45, 7) is 7.88. The highest BCUT2D eigenvalue weighted by atomic mass is 35.5. The van der Waals surface area contributed by atoms with E-state index in [0.29, 0.717) is 25.6 Å². The average Bonchev–Trinajstić information content (AvgIpc) is 3.46. The second-order valence-electron chi connectivity index (χ2n) is 10.4. The van der Waals surface area contributed by atoms with Crippen molar-refractivity contribution in [1.29, 1.82) is 0 Å². The molecule has 0 unspecified atom stereocenters. The van der Waals surface area contributed by atoms with Crippen LogP contribution in [-0.4, -0.2) is 21.7 Å². The van der Waals surface area contributed by atoms with Gasteiger partial charge in [-0.25, -0.2) is 9.79 Å². The fourth-order valence-corrected chi connectivity index (χ4v) is 6.82. The summed E-state index contributed by atoms with van der Waals surface area (Å²) in [6.07, 6.45) is 1.92. The van der Waals surface area contributed by atoms with E-state index >= 15 is 0 Å². The van der Waals surface area contributed by atoms with E-state index in [2.05, 4.69) is 65.9 Å². The zero-order valence-corrected chi connectivity index (χ0v) is 25.9. The van der Waals surface area contributed by atoms with E-state index in [4.69, 9.17) is 16.3 Å². The van der Waals surface area contributed by atoms with E-state index < -0.39 is 12.0 Å². The zero-order chi connectivity index (χ0) is 30.2. The second-order valence-corrected chi connectivity index (χ2v) is 11.9. The van der Waals surface area contributed by atoms with Crippen LogP contribution in [0.5, 0.6) is 0 Å². The molecule has 8 heteroatoms. The maximum absolute atomic E-state index is 14.0. The maximum Gasteiger partial charge on any atom is 0.338 e.